The third kappa shape index (κ3) is 2.88. The number of hydrogen-bond donors (Lipinski definition) is 0. The molecule has 1 rings (SSSR count). The van der Waals surface area contributed by atoms with Crippen LogP contribution in [0.15, 0.2) is 18.2 Å². The average Bonchev–Trinajstić information content (AvgIpc) is 2.16. The van der Waals surface area contributed by atoms with Gasteiger partial charge in [-0.15, -0.1) is 0 Å². The Hall–Kier alpha value is -1.70. The monoisotopic (exact) mass is 215 g/mol. The second-order valence-corrected chi connectivity index (χ2v) is 2.90. The number of benzene rings is 1. The molecule has 0 fully saturated rings. The van der Waals surface area contributed by atoms with Crippen LogP contribution in [0.4, 0.5) is 13.2 Å². The van der Waals surface area contributed by atoms with Gasteiger partial charge in [0.15, 0.2) is 0 Å². The summed E-state index contributed by atoms with van der Waals surface area (Å²) in [6.45, 7) is 0. The van der Waals surface area contributed by atoms with Crippen LogP contribution < -0.4 is 4.74 Å². The summed E-state index contributed by atoms with van der Waals surface area (Å²) in [7, 11) is 1.28. The van der Waals surface area contributed by atoms with Crippen LogP contribution in [0, 0.1) is 11.3 Å². The summed E-state index contributed by atoms with van der Waals surface area (Å²) in [5.41, 5.74) is -0.503. The fraction of sp³-hybridized carbons (Fsp3) is 0.300. The van der Waals surface area contributed by atoms with Gasteiger partial charge in [0, 0.05) is 0 Å². The van der Waals surface area contributed by atoms with E-state index in [1.54, 1.807) is 6.07 Å². The molecule has 0 aliphatic heterocycles. The van der Waals surface area contributed by atoms with Crippen LogP contribution in [-0.4, -0.2) is 7.11 Å². The molecule has 0 bridgehead atoms. The SMILES string of the molecule is COc1cc(CC#N)cc(C(F)(F)F)c1. The number of halogens is 3. The molecule has 0 unspecified atom stereocenters. The Kier molecular flexibility index (Phi) is 3.20. The number of nitriles is 1. The number of rotatable bonds is 2. The maximum Gasteiger partial charge on any atom is 0.416 e. The minimum Gasteiger partial charge on any atom is -0.497 e. The lowest BCUT2D eigenvalue weighted by molar-refractivity contribution is -0.137. The maximum atomic E-state index is 12.4. The summed E-state index contributed by atoms with van der Waals surface area (Å²) in [5, 5.41) is 8.40. The van der Waals surface area contributed by atoms with Crippen LogP contribution in [0.1, 0.15) is 11.1 Å². The topological polar surface area (TPSA) is 33.0 Å². The Morgan fingerprint density at radius 1 is 1.33 bits per heavy atom. The smallest absolute Gasteiger partial charge is 0.416 e. The molecule has 0 aliphatic carbocycles. The molecule has 0 aromatic heterocycles. The standard InChI is InChI=1S/C10H8F3NO/c1-15-9-5-7(2-3-14)4-8(6-9)10(11,12)13/h4-6H,2H2,1H3. The molecule has 0 spiro atoms. The molecule has 2 nitrogen and oxygen atoms in total. The Morgan fingerprint density at radius 2 is 2.00 bits per heavy atom. The van der Waals surface area contributed by atoms with Crippen LogP contribution in [0.25, 0.3) is 0 Å². The molecule has 0 saturated heterocycles. The van der Waals surface area contributed by atoms with Crippen molar-refractivity contribution >= 4 is 0 Å². The van der Waals surface area contributed by atoms with Crippen molar-refractivity contribution in [3.05, 3.63) is 29.3 Å². The quantitative estimate of drug-likeness (QED) is 0.759. The fourth-order valence-corrected chi connectivity index (χ4v) is 1.14. The summed E-state index contributed by atoms with van der Waals surface area (Å²) < 4.78 is 41.9. The lowest BCUT2D eigenvalue weighted by Crippen LogP contribution is -2.06. The van der Waals surface area contributed by atoms with Gasteiger partial charge in [0.25, 0.3) is 0 Å². The molecule has 0 N–H and O–H groups in total. The molecule has 5 heteroatoms. The Bertz CT molecular complexity index is 393. The third-order valence-corrected chi connectivity index (χ3v) is 1.81. The molecule has 0 saturated carbocycles. The van der Waals surface area contributed by atoms with Crippen molar-refractivity contribution in [2.24, 2.45) is 0 Å². The van der Waals surface area contributed by atoms with E-state index in [9.17, 15) is 13.2 Å². The molecule has 1 aromatic carbocycles. The minimum atomic E-state index is -4.42. The van der Waals surface area contributed by atoms with Crippen LogP contribution in [0.2, 0.25) is 0 Å². The largest absolute Gasteiger partial charge is 0.497 e. The summed E-state index contributed by atoms with van der Waals surface area (Å²) in [6, 6.07) is 5.06. The zero-order valence-corrected chi connectivity index (χ0v) is 7.93. The van der Waals surface area contributed by atoms with Crippen LogP contribution >= 0.6 is 0 Å². The summed E-state index contributed by atoms with van der Waals surface area (Å²) in [6.07, 6.45) is -4.49. The third-order valence-electron chi connectivity index (χ3n) is 1.81. The molecule has 0 radical (unpaired) electrons. The highest BCUT2D eigenvalue weighted by Gasteiger charge is 2.31. The summed E-state index contributed by atoms with van der Waals surface area (Å²) >= 11 is 0. The predicted molar refractivity (Wildman–Crippen MR) is 47.3 cm³/mol. The number of ether oxygens (including phenoxy) is 1. The fourth-order valence-electron chi connectivity index (χ4n) is 1.14. The Labute approximate surface area is 84.9 Å². The van der Waals surface area contributed by atoms with Gasteiger partial charge in [-0.1, -0.05) is 0 Å². The van der Waals surface area contributed by atoms with Crippen molar-refractivity contribution in [2.45, 2.75) is 12.6 Å². The van der Waals surface area contributed by atoms with Crippen LogP contribution in [0.5, 0.6) is 5.75 Å². The van der Waals surface area contributed by atoms with E-state index >= 15 is 0 Å². The van der Waals surface area contributed by atoms with Gasteiger partial charge in [0.05, 0.1) is 25.2 Å². The molecule has 80 valence electrons. The highest BCUT2D eigenvalue weighted by molar-refractivity contribution is 5.37. The lowest BCUT2D eigenvalue weighted by Gasteiger charge is -2.10. The average molecular weight is 215 g/mol. The van der Waals surface area contributed by atoms with Gasteiger partial charge in [-0.3, -0.25) is 0 Å². The van der Waals surface area contributed by atoms with E-state index < -0.39 is 11.7 Å². The molecule has 0 atom stereocenters. The number of alkyl halides is 3. The molecule has 0 aliphatic rings. The van der Waals surface area contributed by atoms with Gasteiger partial charge in [-0.2, -0.15) is 18.4 Å². The first-order valence-electron chi connectivity index (χ1n) is 4.09. The predicted octanol–water partition coefficient (Wildman–Crippen LogP) is 2.78. The van der Waals surface area contributed by atoms with Gasteiger partial charge >= 0.3 is 6.18 Å². The minimum absolute atomic E-state index is 0.0692. The summed E-state index contributed by atoms with van der Waals surface area (Å²) in [5.74, 6) is 0.107. The maximum absolute atomic E-state index is 12.4. The number of hydrogen-bond acceptors (Lipinski definition) is 2. The normalized spacial score (nSPS) is 10.9. The van der Waals surface area contributed by atoms with E-state index in [2.05, 4.69) is 0 Å². The van der Waals surface area contributed by atoms with E-state index in [4.69, 9.17) is 10.00 Å². The first-order chi connectivity index (χ1) is 6.97. The van der Waals surface area contributed by atoms with Crippen molar-refractivity contribution in [2.75, 3.05) is 7.11 Å². The number of nitrogens with zero attached hydrogens (tertiary/aromatic N) is 1. The molecule has 15 heavy (non-hydrogen) atoms. The van der Waals surface area contributed by atoms with Crippen molar-refractivity contribution in [1.82, 2.24) is 0 Å². The van der Waals surface area contributed by atoms with Gasteiger partial charge in [-0.05, 0) is 23.8 Å². The van der Waals surface area contributed by atoms with Gasteiger partial charge < -0.3 is 4.74 Å². The second-order valence-electron chi connectivity index (χ2n) is 2.90. The Balaban J connectivity index is 3.18. The molecule has 0 heterocycles. The van der Waals surface area contributed by atoms with E-state index in [1.807, 2.05) is 0 Å². The highest BCUT2D eigenvalue weighted by Crippen LogP contribution is 2.32. The highest BCUT2D eigenvalue weighted by atomic mass is 19.4. The Morgan fingerprint density at radius 3 is 2.47 bits per heavy atom. The molecule has 0 amide bonds. The van der Waals surface area contributed by atoms with Crippen LogP contribution in [-0.2, 0) is 12.6 Å². The van der Waals surface area contributed by atoms with E-state index in [-0.39, 0.29) is 12.2 Å². The van der Waals surface area contributed by atoms with E-state index in [0.717, 1.165) is 12.1 Å². The second kappa shape index (κ2) is 4.22. The van der Waals surface area contributed by atoms with Crippen molar-refractivity contribution < 1.29 is 17.9 Å². The van der Waals surface area contributed by atoms with Crippen molar-refractivity contribution in [3.8, 4) is 11.8 Å². The first kappa shape index (κ1) is 11.4. The zero-order valence-electron chi connectivity index (χ0n) is 7.93. The zero-order chi connectivity index (χ0) is 11.5. The van der Waals surface area contributed by atoms with E-state index in [1.165, 1.54) is 13.2 Å². The molecular formula is C10H8F3NO. The van der Waals surface area contributed by atoms with Crippen molar-refractivity contribution in [3.63, 3.8) is 0 Å². The molecular weight excluding hydrogens is 207 g/mol. The van der Waals surface area contributed by atoms with Gasteiger partial charge in [0.2, 0.25) is 0 Å². The van der Waals surface area contributed by atoms with Crippen LogP contribution in [0.3, 0.4) is 0 Å². The van der Waals surface area contributed by atoms with Gasteiger partial charge in [-0.25, -0.2) is 0 Å². The van der Waals surface area contributed by atoms with Crippen molar-refractivity contribution in [1.29, 1.82) is 5.26 Å². The van der Waals surface area contributed by atoms with E-state index in [0.29, 0.717) is 5.56 Å². The lowest BCUT2D eigenvalue weighted by atomic mass is 10.1. The molecule has 1 aromatic rings. The first-order valence-corrected chi connectivity index (χ1v) is 4.09. The summed E-state index contributed by atoms with van der Waals surface area (Å²) in [4.78, 5) is 0. The number of methoxy groups -OCH3 is 1. The van der Waals surface area contributed by atoms with Gasteiger partial charge in [0.1, 0.15) is 5.75 Å².